The Morgan fingerprint density at radius 2 is 1.83 bits per heavy atom. The average molecular weight is 439 g/mol. The van der Waals surface area contributed by atoms with E-state index in [9.17, 15) is 10.0 Å². The summed E-state index contributed by atoms with van der Waals surface area (Å²) < 4.78 is 6.93. The zero-order chi connectivity index (χ0) is 17.9. The number of hydrogen-bond donors (Lipinski definition) is 1. The van der Waals surface area contributed by atoms with Gasteiger partial charge in [-0.15, -0.1) is 0 Å². The fraction of sp³-hybridized carbons (Fsp3) is 0.316. The van der Waals surface area contributed by atoms with E-state index in [0.29, 0.717) is 10.8 Å². The number of benzene rings is 2. The molecule has 0 aliphatic rings. The van der Waals surface area contributed by atoms with E-state index in [1.165, 1.54) is 11.1 Å². The molecule has 0 bridgehead atoms. The number of amides is 1. The van der Waals surface area contributed by atoms with E-state index >= 15 is 0 Å². The van der Waals surface area contributed by atoms with Gasteiger partial charge in [0, 0.05) is 15.6 Å². The standard InChI is InChI=1S/C19H22INO3/c1-5-19(22)21(23)17-8-6-7-16(20)15(17)11-24-18-10-13(3)12(2)9-14(18)4/h6-10,23H,5,11H2,1-4H3. The molecule has 1 amide bonds. The summed E-state index contributed by atoms with van der Waals surface area (Å²) in [6.45, 7) is 8.14. The van der Waals surface area contributed by atoms with E-state index in [1.54, 1.807) is 13.0 Å². The molecule has 2 rings (SSSR count). The molecule has 2 aromatic rings. The summed E-state index contributed by atoms with van der Waals surface area (Å²) in [7, 11) is 0. The van der Waals surface area contributed by atoms with Crippen LogP contribution in [0.25, 0.3) is 0 Å². The van der Waals surface area contributed by atoms with Crippen LogP contribution < -0.4 is 9.80 Å². The van der Waals surface area contributed by atoms with Gasteiger partial charge in [0.15, 0.2) is 0 Å². The first-order valence-electron chi connectivity index (χ1n) is 7.85. The van der Waals surface area contributed by atoms with Gasteiger partial charge >= 0.3 is 0 Å². The van der Waals surface area contributed by atoms with Crippen LogP contribution in [0.3, 0.4) is 0 Å². The highest BCUT2D eigenvalue weighted by atomic mass is 127. The average Bonchev–Trinajstić information content (AvgIpc) is 2.56. The number of nitrogens with zero attached hydrogens (tertiary/aromatic N) is 1. The van der Waals surface area contributed by atoms with Crippen LogP contribution in [0.2, 0.25) is 0 Å². The molecule has 0 saturated carbocycles. The van der Waals surface area contributed by atoms with E-state index in [-0.39, 0.29) is 18.9 Å². The van der Waals surface area contributed by atoms with Gasteiger partial charge in [-0.3, -0.25) is 10.0 Å². The summed E-state index contributed by atoms with van der Waals surface area (Å²) in [5.74, 6) is 0.468. The Kier molecular flexibility index (Phi) is 6.23. The second kappa shape index (κ2) is 7.98. The first-order valence-corrected chi connectivity index (χ1v) is 8.92. The summed E-state index contributed by atoms with van der Waals surface area (Å²) >= 11 is 2.19. The summed E-state index contributed by atoms with van der Waals surface area (Å²) in [6.07, 6.45) is 0.235. The van der Waals surface area contributed by atoms with Gasteiger partial charge in [-0.05, 0) is 78.3 Å². The molecule has 0 atom stereocenters. The van der Waals surface area contributed by atoms with Crippen molar-refractivity contribution in [2.24, 2.45) is 0 Å². The quantitative estimate of drug-likeness (QED) is 0.409. The molecule has 0 heterocycles. The third-order valence-corrected chi connectivity index (χ3v) is 5.03. The van der Waals surface area contributed by atoms with Gasteiger partial charge < -0.3 is 4.74 Å². The minimum Gasteiger partial charge on any atom is -0.489 e. The third-order valence-electron chi connectivity index (χ3n) is 4.02. The van der Waals surface area contributed by atoms with Gasteiger partial charge in [-0.2, -0.15) is 5.06 Å². The maximum absolute atomic E-state index is 11.8. The smallest absolute Gasteiger partial charge is 0.250 e. The zero-order valence-electron chi connectivity index (χ0n) is 14.4. The monoisotopic (exact) mass is 439 g/mol. The van der Waals surface area contributed by atoms with Crippen molar-refractivity contribution < 1.29 is 14.7 Å². The van der Waals surface area contributed by atoms with E-state index in [1.807, 2.05) is 25.1 Å². The highest BCUT2D eigenvalue weighted by molar-refractivity contribution is 14.1. The van der Waals surface area contributed by atoms with E-state index in [2.05, 4.69) is 42.5 Å². The maximum Gasteiger partial charge on any atom is 0.250 e. The second-order valence-electron chi connectivity index (χ2n) is 5.79. The molecule has 0 saturated heterocycles. The Bertz CT molecular complexity index is 759. The minimum absolute atomic E-state index is 0.235. The lowest BCUT2D eigenvalue weighted by Gasteiger charge is -2.20. The molecule has 0 aliphatic carbocycles. The van der Waals surface area contributed by atoms with Gasteiger partial charge in [-0.25, -0.2) is 0 Å². The van der Waals surface area contributed by atoms with E-state index in [0.717, 1.165) is 20.4 Å². The van der Waals surface area contributed by atoms with Crippen LogP contribution in [0.15, 0.2) is 30.3 Å². The molecule has 128 valence electrons. The highest BCUT2D eigenvalue weighted by Crippen LogP contribution is 2.28. The van der Waals surface area contributed by atoms with Crippen molar-refractivity contribution in [3.8, 4) is 5.75 Å². The molecule has 5 heteroatoms. The number of hydroxylamine groups is 1. The Hall–Kier alpha value is -1.60. The first kappa shape index (κ1) is 18.7. The fourth-order valence-corrected chi connectivity index (χ4v) is 3.05. The van der Waals surface area contributed by atoms with Gasteiger partial charge in [-0.1, -0.05) is 19.1 Å². The molecular weight excluding hydrogens is 417 g/mol. The van der Waals surface area contributed by atoms with Crippen molar-refractivity contribution in [1.82, 2.24) is 0 Å². The molecule has 2 aromatic carbocycles. The van der Waals surface area contributed by atoms with Crippen molar-refractivity contribution in [1.29, 1.82) is 0 Å². The van der Waals surface area contributed by atoms with Crippen molar-refractivity contribution in [2.75, 3.05) is 5.06 Å². The zero-order valence-corrected chi connectivity index (χ0v) is 16.5. The van der Waals surface area contributed by atoms with Crippen molar-refractivity contribution in [3.05, 3.63) is 56.2 Å². The first-order chi connectivity index (χ1) is 11.3. The molecule has 0 unspecified atom stereocenters. The van der Waals surface area contributed by atoms with Crippen molar-refractivity contribution in [2.45, 2.75) is 40.7 Å². The molecule has 0 spiro atoms. The molecule has 4 nitrogen and oxygen atoms in total. The number of carbonyl (C=O) groups excluding carboxylic acids is 1. The van der Waals surface area contributed by atoms with Crippen molar-refractivity contribution in [3.63, 3.8) is 0 Å². The molecule has 24 heavy (non-hydrogen) atoms. The molecule has 0 fully saturated rings. The Labute approximate surface area is 156 Å². The summed E-state index contributed by atoms with van der Waals surface area (Å²) in [5, 5.41) is 10.9. The predicted octanol–water partition coefficient (Wildman–Crippen LogP) is 4.93. The topological polar surface area (TPSA) is 49.8 Å². The molecule has 0 radical (unpaired) electrons. The second-order valence-corrected chi connectivity index (χ2v) is 6.95. The van der Waals surface area contributed by atoms with E-state index < -0.39 is 0 Å². The Morgan fingerprint density at radius 1 is 1.17 bits per heavy atom. The van der Waals surface area contributed by atoms with Crippen LogP contribution in [0, 0.1) is 24.3 Å². The Morgan fingerprint density at radius 3 is 2.50 bits per heavy atom. The number of anilines is 1. The number of ether oxygens (including phenoxy) is 1. The lowest BCUT2D eigenvalue weighted by Crippen LogP contribution is -2.27. The minimum atomic E-state index is -0.347. The fourth-order valence-electron chi connectivity index (χ4n) is 2.41. The van der Waals surface area contributed by atoms with Crippen LogP contribution >= 0.6 is 22.6 Å². The third kappa shape index (κ3) is 4.08. The molecule has 0 aromatic heterocycles. The van der Waals surface area contributed by atoms with Crippen LogP contribution in [-0.4, -0.2) is 11.1 Å². The van der Waals surface area contributed by atoms with Crippen LogP contribution in [0.1, 0.15) is 35.6 Å². The summed E-state index contributed by atoms with van der Waals surface area (Å²) in [5.41, 5.74) is 4.72. The van der Waals surface area contributed by atoms with E-state index in [4.69, 9.17) is 4.74 Å². The van der Waals surface area contributed by atoms with Crippen LogP contribution in [-0.2, 0) is 11.4 Å². The lowest BCUT2D eigenvalue weighted by molar-refractivity contribution is -0.123. The number of halogens is 1. The summed E-state index contributed by atoms with van der Waals surface area (Å²) in [6, 6.07) is 9.59. The van der Waals surface area contributed by atoms with Crippen LogP contribution in [0.5, 0.6) is 5.75 Å². The SMILES string of the molecule is CCC(=O)N(O)c1cccc(I)c1COc1cc(C)c(C)cc1C. The molecule has 1 N–H and O–H groups in total. The van der Waals surface area contributed by atoms with Gasteiger partial charge in [0.1, 0.15) is 12.4 Å². The molecule has 0 aliphatic heterocycles. The number of hydrogen-bond acceptors (Lipinski definition) is 3. The maximum atomic E-state index is 11.8. The number of aryl methyl sites for hydroxylation is 3. The molecular formula is C19H22INO3. The summed E-state index contributed by atoms with van der Waals surface area (Å²) in [4.78, 5) is 11.8. The lowest BCUT2D eigenvalue weighted by atomic mass is 10.1. The predicted molar refractivity (Wildman–Crippen MR) is 104 cm³/mol. The largest absolute Gasteiger partial charge is 0.489 e. The van der Waals surface area contributed by atoms with Crippen molar-refractivity contribution >= 4 is 34.2 Å². The number of carbonyl (C=O) groups is 1. The normalized spacial score (nSPS) is 10.6. The highest BCUT2D eigenvalue weighted by Gasteiger charge is 2.18. The van der Waals surface area contributed by atoms with Gasteiger partial charge in [0.2, 0.25) is 5.91 Å². The van der Waals surface area contributed by atoms with Gasteiger partial charge in [0.05, 0.1) is 5.69 Å². The number of rotatable bonds is 5. The van der Waals surface area contributed by atoms with Gasteiger partial charge in [0.25, 0.3) is 0 Å². The van der Waals surface area contributed by atoms with Crippen LogP contribution in [0.4, 0.5) is 5.69 Å². The Balaban J connectivity index is 2.30.